The number of benzene rings is 1. The molecule has 0 saturated carbocycles. The molecule has 0 spiro atoms. The van der Waals surface area contributed by atoms with E-state index in [1.165, 1.54) is 0 Å². The highest BCUT2D eigenvalue weighted by atomic mass is 32.1. The molecule has 6 heteroatoms. The lowest BCUT2D eigenvalue weighted by molar-refractivity contribution is 0.0935. The summed E-state index contributed by atoms with van der Waals surface area (Å²) in [4.78, 5) is 13.5. The molecule has 2 N–H and O–H groups in total. The molecular weight excluding hydrogens is 288 g/mol. The highest BCUT2D eigenvalue weighted by Crippen LogP contribution is 2.39. The van der Waals surface area contributed by atoms with Crippen molar-refractivity contribution in [2.24, 2.45) is 0 Å². The van der Waals surface area contributed by atoms with Gasteiger partial charge in [0.25, 0.3) is 5.91 Å². The maximum Gasteiger partial charge on any atom is 0.256 e. The van der Waals surface area contributed by atoms with Crippen LogP contribution in [0.2, 0.25) is 0 Å². The number of rotatable bonds is 1. The highest BCUT2D eigenvalue weighted by Gasteiger charge is 2.29. The van der Waals surface area contributed by atoms with Crippen molar-refractivity contribution in [3.8, 4) is 11.5 Å². The number of fused-ring (bicyclic) bond motifs is 2. The van der Waals surface area contributed by atoms with E-state index in [2.05, 4.69) is 10.6 Å². The van der Waals surface area contributed by atoms with Gasteiger partial charge in [0.05, 0.1) is 5.56 Å². The van der Waals surface area contributed by atoms with Gasteiger partial charge in [-0.15, -0.1) is 11.3 Å². The van der Waals surface area contributed by atoms with Crippen molar-refractivity contribution in [1.82, 2.24) is 5.32 Å². The van der Waals surface area contributed by atoms with Crippen LogP contribution in [-0.4, -0.2) is 12.7 Å². The molecule has 2 aliphatic rings. The zero-order chi connectivity index (χ0) is 14.6. The van der Waals surface area contributed by atoms with Gasteiger partial charge in [-0.05, 0) is 37.1 Å². The van der Waals surface area contributed by atoms with Gasteiger partial charge in [0, 0.05) is 4.88 Å². The first kappa shape index (κ1) is 12.5. The summed E-state index contributed by atoms with van der Waals surface area (Å²) in [6.07, 6.45) is -0.253. The van der Waals surface area contributed by atoms with Crippen molar-refractivity contribution in [1.29, 1.82) is 0 Å². The van der Waals surface area contributed by atoms with Crippen LogP contribution in [0.25, 0.3) is 0 Å². The molecule has 0 aliphatic carbocycles. The predicted octanol–water partition coefficient (Wildman–Crippen LogP) is 2.95. The second kappa shape index (κ2) is 4.39. The van der Waals surface area contributed by atoms with Gasteiger partial charge in [0.1, 0.15) is 11.2 Å². The predicted molar refractivity (Wildman–Crippen MR) is 80.2 cm³/mol. The van der Waals surface area contributed by atoms with Crippen molar-refractivity contribution in [2.75, 3.05) is 12.1 Å². The quantitative estimate of drug-likeness (QED) is 0.850. The van der Waals surface area contributed by atoms with Crippen molar-refractivity contribution in [3.63, 3.8) is 0 Å². The maximum absolute atomic E-state index is 12.3. The Balaban J connectivity index is 1.70. The number of carbonyl (C=O) groups is 1. The van der Waals surface area contributed by atoms with Crippen molar-refractivity contribution < 1.29 is 14.3 Å². The summed E-state index contributed by atoms with van der Waals surface area (Å²) in [5, 5.41) is 7.31. The molecule has 0 radical (unpaired) electrons. The Bertz CT molecular complexity index is 754. The second-order valence-corrected chi connectivity index (χ2v) is 6.38. The van der Waals surface area contributed by atoms with Gasteiger partial charge < -0.3 is 20.1 Å². The van der Waals surface area contributed by atoms with Crippen LogP contribution in [0.3, 0.4) is 0 Å². The van der Waals surface area contributed by atoms with Gasteiger partial charge in [-0.1, -0.05) is 6.07 Å². The van der Waals surface area contributed by atoms with Gasteiger partial charge in [0.15, 0.2) is 11.5 Å². The molecule has 0 fully saturated rings. The number of hydrogen-bond donors (Lipinski definition) is 2. The van der Waals surface area contributed by atoms with Gasteiger partial charge in [-0.3, -0.25) is 4.79 Å². The summed E-state index contributed by atoms with van der Waals surface area (Å²) in [6, 6.07) is 5.70. The fourth-order valence-electron chi connectivity index (χ4n) is 2.63. The summed E-state index contributed by atoms with van der Waals surface area (Å²) in [5.41, 5.74) is 2.75. The van der Waals surface area contributed by atoms with Crippen LogP contribution in [0.5, 0.6) is 11.5 Å². The minimum absolute atomic E-state index is 0.0340. The molecule has 21 heavy (non-hydrogen) atoms. The van der Waals surface area contributed by atoms with E-state index in [4.69, 9.17) is 9.47 Å². The number of thiophene rings is 1. The fraction of sp³-hybridized carbons (Fsp3) is 0.267. The summed E-state index contributed by atoms with van der Waals surface area (Å²) < 4.78 is 10.7. The molecule has 0 bridgehead atoms. The zero-order valence-electron chi connectivity index (χ0n) is 11.6. The van der Waals surface area contributed by atoms with E-state index in [1.807, 2.05) is 32.0 Å². The second-order valence-electron chi connectivity index (χ2n) is 5.15. The van der Waals surface area contributed by atoms with Crippen molar-refractivity contribution >= 4 is 22.2 Å². The normalized spacial score (nSPS) is 19.0. The number of ether oxygens (including phenoxy) is 2. The van der Waals surface area contributed by atoms with E-state index in [9.17, 15) is 4.79 Å². The fourth-order valence-corrected chi connectivity index (χ4v) is 3.72. The first-order chi connectivity index (χ1) is 10.1. The lowest BCUT2D eigenvalue weighted by atomic mass is 10.1. The first-order valence-corrected chi connectivity index (χ1v) is 7.52. The average Bonchev–Trinajstić information content (AvgIpc) is 3.03. The molecule has 1 unspecified atom stereocenters. The number of anilines is 1. The number of nitrogens with one attached hydrogen (secondary N) is 2. The van der Waals surface area contributed by atoms with Crippen LogP contribution in [0.1, 0.15) is 32.5 Å². The van der Waals surface area contributed by atoms with Crippen LogP contribution in [-0.2, 0) is 0 Å². The maximum atomic E-state index is 12.3. The first-order valence-electron chi connectivity index (χ1n) is 6.70. The average molecular weight is 302 g/mol. The molecule has 1 aromatic carbocycles. The third-order valence-corrected chi connectivity index (χ3v) is 5.03. The van der Waals surface area contributed by atoms with Gasteiger partial charge >= 0.3 is 0 Å². The van der Waals surface area contributed by atoms with Crippen molar-refractivity contribution in [2.45, 2.75) is 20.0 Å². The number of carbonyl (C=O) groups excluding carboxylic acids is 1. The SMILES string of the molecule is Cc1sc2c(c1C)C(=O)NC(c1ccc3c(c1)OCO3)N2. The molecular formula is C15H14N2O3S. The Hall–Kier alpha value is -2.21. The molecule has 108 valence electrons. The van der Waals surface area contributed by atoms with Crippen LogP contribution < -0.4 is 20.1 Å². The molecule has 1 atom stereocenters. The summed E-state index contributed by atoms with van der Waals surface area (Å²) in [7, 11) is 0. The van der Waals surface area contributed by atoms with Crippen LogP contribution in [0.4, 0.5) is 5.00 Å². The van der Waals surface area contributed by atoms with Crippen LogP contribution >= 0.6 is 11.3 Å². The lowest BCUT2D eigenvalue weighted by Crippen LogP contribution is -2.38. The molecule has 2 aliphatic heterocycles. The minimum atomic E-state index is -0.253. The molecule has 2 aromatic rings. The Morgan fingerprint density at radius 2 is 2.00 bits per heavy atom. The number of amides is 1. The Labute approximate surface area is 125 Å². The Morgan fingerprint density at radius 3 is 2.86 bits per heavy atom. The van der Waals surface area contributed by atoms with Crippen LogP contribution in [0, 0.1) is 13.8 Å². The number of hydrogen-bond acceptors (Lipinski definition) is 5. The molecule has 3 heterocycles. The largest absolute Gasteiger partial charge is 0.454 e. The minimum Gasteiger partial charge on any atom is -0.454 e. The van der Waals surface area contributed by atoms with E-state index in [0.717, 1.165) is 32.3 Å². The van der Waals surface area contributed by atoms with Gasteiger partial charge in [0.2, 0.25) is 6.79 Å². The van der Waals surface area contributed by atoms with Gasteiger partial charge in [-0.2, -0.15) is 0 Å². The Morgan fingerprint density at radius 1 is 1.19 bits per heavy atom. The standard InChI is InChI=1S/C15H14N2O3S/c1-7-8(2)21-15-12(7)14(18)16-13(17-15)9-3-4-10-11(5-9)20-6-19-10/h3-5,13,17H,6H2,1-2H3,(H,16,18). The van der Waals surface area contributed by atoms with E-state index >= 15 is 0 Å². The molecule has 1 aromatic heterocycles. The number of aryl methyl sites for hydroxylation is 1. The monoisotopic (exact) mass is 302 g/mol. The van der Waals surface area contributed by atoms with Crippen LogP contribution in [0.15, 0.2) is 18.2 Å². The van der Waals surface area contributed by atoms with E-state index in [1.54, 1.807) is 11.3 Å². The van der Waals surface area contributed by atoms with E-state index < -0.39 is 0 Å². The zero-order valence-corrected chi connectivity index (χ0v) is 12.5. The third kappa shape index (κ3) is 1.86. The Kier molecular flexibility index (Phi) is 2.62. The summed E-state index contributed by atoms with van der Waals surface area (Å²) in [6.45, 7) is 4.26. The lowest BCUT2D eigenvalue weighted by Gasteiger charge is -2.26. The van der Waals surface area contributed by atoms with E-state index in [0.29, 0.717) is 5.75 Å². The smallest absolute Gasteiger partial charge is 0.256 e. The molecule has 5 nitrogen and oxygen atoms in total. The van der Waals surface area contributed by atoms with E-state index in [-0.39, 0.29) is 18.9 Å². The topological polar surface area (TPSA) is 59.6 Å². The highest BCUT2D eigenvalue weighted by molar-refractivity contribution is 7.16. The molecule has 0 saturated heterocycles. The molecule has 4 rings (SSSR count). The van der Waals surface area contributed by atoms with Gasteiger partial charge in [-0.25, -0.2) is 0 Å². The summed E-state index contributed by atoms with van der Waals surface area (Å²) >= 11 is 1.62. The third-order valence-electron chi connectivity index (χ3n) is 3.89. The van der Waals surface area contributed by atoms with Crippen molar-refractivity contribution in [3.05, 3.63) is 39.8 Å². The molecule has 1 amide bonds. The summed E-state index contributed by atoms with van der Waals surface area (Å²) in [5.74, 6) is 1.42.